The van der Waals surface area contributed by atoms with Crippen LogP contribution in [0.3, 0.4) is 0 Å². The van der Waals surface area contributed by atoms with Crippen molar-refractivity contribution in [1.29, 1.82) is 0 Å². The van der Waals surface area contributed by atoms with Gasteiger partial charge in [-0.05, 0) is 45.5 Å². The minimum Gasteiger partial charge on any atom is -0.456 e. The monoisotopic (exact) mass is 575 g/mol. The summed E-state index contributed by atoms with van der Waals surface area (Å²) in [5.41, 5.74) is 7.00. The maximum Gasteiger partial charge on any atom is 0.164 e. The van der Waals surface area contributed by atoms with Gasteiger partial charge in [0.1, 0.15) is 11.2 Å². The lowest BCUT2D eigenvalue weighted by Crippen LogP contribution is -2.00. The summed E-state index contributed by atoms with van der Waals surface area (Å²) in [6.07, 6.45) is 0. The molecular weight excluding hydrogens is 550 g/mol. The van der Waals surface area contributed by atoms with Crippen LogP contribution in [0.1, 0.15) is 0 Å². The lowest BCUT2D eigenvalue weighted by Gasteiger charge is -2.12. The molecule has 0 fully saturated rings. The van der Waals surface area contributed by atoms with Crippen molar-refractivity contribution in [1.82, 2.24) is 15.0 Å². The van der Waals surface area contributed by atoms with Crippen molar-refractivity contribution in [3.8, 4) is 45.3 Å². The Hall–Kier alpha value is -6.13. The maximum absolute atomic E-state index is 6.25. The smallest absolute Gasteiger partial charge is 0.164 e. The Balaban J connectivity index is 1.24. The summed E-state index contributed by atoms with van der Waals surface area (Å²) in [5.74, 6) is 1.96. The van der Waals surface area contributed by atoms with E-state index in [2.05, 4.69) is 78.9 Å². The number of fused-ring (bicyclic) bond motifs is 6. The van der Waals surface area contributed by atoms with Crippen molar-refractivity contribution in [2.24, 2.45) is 0 Å². The first-order valence-corrected chi connectivity index (χ1v) is 15.0. The highest BCUT2D eigenvalue weighted by Crippen LogP contribution is 2.41. The highest BCUT2D eigenvalue weighted by molar-refractivity contribution is 6.23. The third-order valence-corrected chi connectivity index (χ3v) is 8.52. The van der Waals surface area contributed by atoms with Crippen LogP contribution in [0.2, 0.25) is 0 Å². The Morgan fingerprint density at radius 1 is 0.356 bits per heavy atom. The first kappa shape index (κ1) is 25.4. The van der Waals surface area contributed by atoms with Crippen LogP contribution in [0, 0.1) is 0 Å². The average Bonchev–Trinajstić information content (AvgIpc) is 3.50. The summed E-state index contributed by atoms with van der Waals surface area (Å²) in [7, 11) is 0. The summed E-state index contributed by atoms with van der Waals surface area (Å²) < 4.78 is 6.25. The molecular formula is C41H25N3O. The average molecular weight is 576 g/mol. The van der Waals surface area contributed by atoms with Crippen LogP contribution in [0.5, 0.6) is 0 Å². The van der Waals surface area contributed by atoms with Gasteiger partial charge in [0, 0.05) is 32.8 Å². The number of para-hydroxylation sites is 1. The normalized spacial score (nSPS) is 11.6. The van der Waals surface area contributed by atoms with Crippen LogP contribution in [-0.4, -0.2) is 15.0 Å². The lowest BCUT2D eigenvalue weighted by molar-refractivity contribution is 0.669. The van der Waals surface area contributed by atoms with Crippen molar-refractivity contribution < 1.29 is 4.42 Å². The van der Waals surface area contributed by atoms with E-state index < -0.39 is 0 Å². The lowest BCUT2D eigenvalue weighted by atomic mass is 9.92. The van der Waals surface area contributed by atoms with Gasteiger partial charge in [-0.15, -0.1) is 0 Å². The van der Waals surface area contributed by atoms with Crippen LogP contribution in [0.15, 0.2) is 156 Å². The van der Waals surface area contributed by atoms with Gasteiger partial charge in [0.05, 0.1) is 0 Å². The molecule has 0 saturated carbocycles. The van der Waals surface area contributed by atoms with Crippen LogP contribution in [0.25, 0.3) is 88.8 Å². The standard InChI is InChI=1S/C41H25N3O/c1-3-11-27(12-4-1)39-42-40(28-13-5-2-6-14-28)44-41(43-39)33-19-10-16-29-25-30(21-23-31(29)33)32-18-9-15-26-22-24-36-38(37(26)32)34-17-7-8-20-35(34)45-36/h1-25H. The van der Waals surface area contributed by atoms with Gasteiger partial charge in [-0.25, -0.2) is 15.0 Å². The second-order valence-corrected chi connectivity index (χ2v) is 11.2. The van der Waals surface area contributed by atoms with Crippen molar-refractivity contribution in [3.05, 3.63) is 152 Å². The van der Waals surface area contributed by atoms with Crippen LogP contribution in [0.4, 0.5) is 0 Å². The van der Waals surface area contributed by atoms with E-state index in [4.69, 9.17) is 19.4 Å². The SMILES string of the molecule is c1ccc(-c2nc(-c3ccccc3)nc(-c3cccc4cc(-c5cccc6ccc7oc8ccccc8c7c56)ccc34)n2)cc1. The minimum absolute atomic E-state index is 0.651. The molecule has 0 aliphatic carbocycles. The van der Waals surface area contributed by atoms with E-state index in [9.17, 15) is 0 Å². The molecule has 0 saturated heterocycles. The fraction of sp³-hybridized carbons (Fsp3) is 0. The zero-order valence-corrected chi connectivity index (χ0v) is 24.2. The molecule has 0 amide bonds. The second kappa shape index (κ2) is 10.2. The van der Waals surface area contributed by atoms with Crippen molar-refractivity contribution in [3.63, 3.8) is 0 Å². The van der Waals surface area contributed by atoms with Crippen LogP contribution in [-0.2, 0) is 0 Å². The van der Waals surface area contributed by atoms with Crippen molar-refractivity contribution >= 4 is 43.5 Å². The molecule has 9 aromatic rings. The quantitative estimate of drug-likeness (QED) is 0.209. The highest BCUT2D eigenvalue weighted by atomic mass is 16.3. The number of hydrogen-bond donors (Lipinski definition) is 0. The molecule has 7 aromatic carbocycles. The fourth-order valence-electron chi connectivity index (χ4n) is 6.41. The molecule has 0 unspecified atom stereocenters. The number of aromatic nitrogens is 3. The Bertz CT molecular complexity index is 2480. The van der Waals surface area contributed by atoms with E-state index in [0.717, 1.165) is 55.0 Å². The molecule has 2 heterocycles. The topological polar surface area (TPSA) is 51.8 Å². The molecule has 0 radical (unpaired) electrons. The van der Waals surface area contributed by atoms with E-state index in [1.54, 1.807) is 0 Å². The molecule has 210 valence electrons. The fourth-order valence-corrected chi connectivity index (χ4v) is 6.41. The molecule has 0 N–H and O–H groups in total. The molecule has 0 spiro atoms. The van der Waals surface area contributed by atoms with Gasteiger partial charge < -0.3 is 4.42 Å². The summed E-state index contributed by atoms with van der Waals surface area (Å²) in [6.45, 7) is 0. The van der Waals surface area contributed by atoms with Gasteiger partial charge in [-0.2, -0.15) is 0 Å². The minimum atomic E-state index is 0.651. The van der Waals surface area contributed by atoms with Gasteiger partial charge in [0.15, 0.2) is 17.5 Å². The summed E-state index contributed by atoms with van der Waals surface area (Å²) >= 11 is 0. The van der Waals surface area contributed by atoms with E-state index in [1.807, 2.05) is 72.8 Å². The third-order valence-electron chi connectivity index (χ3n) is 8.52. The Morgan fingerprint density at radius 3 is 1.76 bits per heavy atom. The summed E-state index contributed by atoms with van der Waals surface area (Å²) in [5, 5.41) is 6.88. The number of hydrogen-bond acceptors (Lipinski definition) is 4. The number of rotatable bonds is 4. The number of nitrogens with zero attached hydrogens (tertiary/aromatic N) is 3. The summed E-state index contributed by atoms with van der Waals surface area (Å²) in [6, 6.07) is 52.2. The predicted octanol–water partition coefficient (Wildman–Crippen LogP) is 10.7. The van der Waals surface area contributed by atoms with Gasteiger partial charge >= 0.3 is 0 Å². The van der Waals surface area contributed by atoms with Crippen molar-refractivity contribution in [2.75, 3.05) is 0 Å². The maximum atomic E-state index is 6.25. The third kappa shape index (κ3) is 4.27. The highest BCUT2D eigenvalue weighted by Gasteiger charge is 2.17. The first-order valence-electron chi connectivity index (χ1n) is 15.0. The second-order valence-electron chi connectivity index (χ2n) is 11.2. The van der Waals surface area contributed by atoms with Gasteiger partial charge in [-0.3, -0.25) is 0 Å². The molecule has 45 heavy (non-hydrogen) atoms. The molecule has 9 rings (SSSR count). The first-order chi connectivity index (χ1) is 22.3. The van der Waals surface area contributed by atoms with Crippen LogP contribution >= 0.6 is 0 Å². The number of benzene rings is 7. The van der Waals surface area contributed by atoms with Gasteiger partial charge in [0.25, 0.3) is 0 Å². The largest absolute Gasteiger partial charge is 0.456 e. The Labute approximate surface area is 259 Å². The van der Waals surface area contributed by atoms with Crippen molar-refractivity contribution in [2.45, 2.75) is 0 Å². The molecule has 4 heteroatoms. The zero-order valence-electron chi connectivity index (χ0n) is 24.2. The molecule has 4 nitrogen and oxygen atoms in total. The Kier molecular flexibility index (Phi) is 5.78. The molecule has 0 aliphatic rings. The molecule has 0 aliphatic heterocycles. The molecule has 2 aromatic heterocycles. The van der Waals surface area contributed by atoms with Gasteiger partial charge in [0.2, 0.25) is 0 Å². The summed E-state index contributed by atoms with van der Waals surface area (Å²) in [4.78, 5) is 14.9. The number of furan rings is 1. The van der Waals surface area contributed by atoms with E-state index in [0.29, 0.717) is 17.5 Å². The Morgan fingerprint density at radius 2 is 1.00 bits per heavy atom. The molecule has 0 bridgehead atoms. The van der Waals surface area contributed by atoms with E-state index in [1.165, 1.54) is 16.3 Å². The predicted molar refractivity (Wildman–Crippen MR) is 184 cm³/mol. The molecule has 0 atom stereocenters. The zero-order chi connectivity index (χ0) is 29.7. The van der Waals surface area contributed by atoms with Gasteiger partial charge in [-0.1, -0.05) is 133 Å². The van der Waals surface area contributed by atoms with E-state index >= 15 is 0 Å². The van der Waals surface area contributed by atoms with E-state index in [-0.39, 0.29) is 0 Å². The van der Waals surface area contributed by atoms with Crippen LogP contribution < -0.4 is 0 Å².